The molecule has 10 nitrogen and oxygen atoms in total. The van der Waals surface area contributed by atoms with Crippen molar-refractivity contribution < 1.29 is 24.0 Å². The zero-order valence-electron chi connectivity index (χ0n) is 19.0. The van der Waals surface area contributed by atoms with Crippen LogP contribution in [-0.4, -0.2) is 66.0 Å². The van der Waals surface area contributed by atoms with Crippen molar-refractivity contribution >= 4 is 23.7 Å². The molecule has 1 heterocycles. The maximum atomic E-state index is 12.1. The topological polar surface area (TPSA) is 135 Å². The van der Waals surface area contributed by atoms with Gasteiger partial charge in [-0.1, -0.05) is 19.0 Å². The number of nitrogens with one attached hydrogen (secondary N) is 2. The Morgan fingerprint density at radius 3 is 2.30 bits per heavy atom. The van der Waals surface area contributed by atoms with E-state index in [-0.39, 0.29) is 36.2 Å². The van der Waals surface area contributed by atoms with Crippen molar-refractivity contribution in [3.8, 4) is 0 Å². The van der Waals surface area contributed by atoms with Crippen LogP contribution < -0.4 is 16.4 Å². The summed E-state index contributed by atoms with van der Waals surface area (Å²) in [7, 11) is 0. The van der Waals surface area contributed by atoms with E-state index in [1.54, 1.807) is 32.6 Å². The average Bonchev–Trinajstić information content (AvgIpc) is 2.59. The first-order chi connectivity index (χ1) is 13.9. The molecule has 0 aromatic heterocycles. The molecular weight excluding hydrogens is 390 g/mol. The van der Waals surface area contributed by atoms with Crippen molar-refractivity contribution in [3.05, 3.63) is 0 Å². The number of ether oxygens (including phenoxy) is 1. The molecule has 0 aromatic carbocycles. The highest BCUT2D eigenvalue weighted by Crippen LogP contribution is 2.11. The molecule has 0 aromatic rings. The van der Waals surface area contributed by atoms with E-state index in [4.69, 9.17) is 15.3 Å². The number of alkyl carbamates (subject to hydrolysis) is 1. The SMILES string of the molecule is CC(=O)N1CCC(NC(=O)CO/N=C(\N)C(CC(C)C)NC(=O)OC(C)(C)C)CC1. The lowest BCUT2D eigenvalue weighted by Crippen LogP contribution is -2.47. The predicted octanol–water partition coefficient (Wildman–Crippen LogP) is 1.34. The summed E-state index contributed by atoms with van der Waals surface area (Å²) in [4.78, 5) is 42.3. The number of amides is 3. The minimum absolute atomic E-state index is 0.000510. The average molecular weight is 428 g/mol. The third kappa shape index (κ3) is 10.3. The second kappa shape index (κ2) is 11.6. The Hall–Kier alpha value is -2.52. The summed E-state index contributed by atoms with van der Waals surface area (Å²) in [5, 5.41) is 9.37. The van der Waals surface area contributed by atoms with Gasteiger partial charge in [-0.3, -0.25) is 9.59 Å². The Morgan fingerprint density at radius 1 is 1.20 bits per heavy atom. The van der Waals surface area contributed by atoms with Gasteiger partial charge in [-0.05, 0) is 46.0 Å². The van der Waals surface area contributed by atoms with Crippen LogP contribution in [0.4, 0.5) is 4.79 Å². The van der Waals surface area contributed by atoms with Gasteiger partial charge in [0.2, 0.25) is 5.91 Å². The summed E-state index contributed by atoms with van der Waals surface area (Å²) < 4.78 is 5.26. The molecule has 3 amide bonds. The van der Waals surface area contributed by atoms with Gasteiger partial charge in [-0.15, -0.1) is 0 Å². The summed E-state index contributed by atoms with van der Waals surface area (Å²) in [5.74, 6) is 0.0391. The lowest BCUT2D eigenvalue weighted by Gasteiger charge is -2.31. The molecule has 0 spiro atoms. The molecule has 10 heteroatoms. The number of carbonyl (C=O) groups is 3. The molecule has 1 aliphatic heterocycles. The molecule has 0 radical (unpaired) electrons. The molecule has 0 saturated carbocycles. The first kappa shape index (κ1) is 25.5. The third-order valence-corrected chi connectivity index (χ3v) is 4.43. The maximum Gasteiger partial charge on any atom is 0.408 e. The lowest BCUT2D eigenvalue weighted by molar-refractivity contribution is -0.130. The van der Waals surface area contributed by atoms with Gasteiger partial charge < -0.3 is 30.8 Å². The predicted molar refractivity (Wildman–Crippen MR) is 114 cm³/mol. The maximum absolute atomic E-state index is 12.1. The minimum Gasteiger partial charge on any atom is -0.444 e. The van der Waals surface area contributed by atoms with Crippen molar-refractivity contribution in [1.82, 2.24) is 15.5 Å². The van der Waals surface area contributed by atoms with E-state index in [2.05, 4.69) is 15.8 Å². The molecule has 4 N–H and O–H groups in total. The molecule has 0 aliphatic carbocycles. The van der Waals surface area contributed by atoms with Crippen molar-refractivity contribution in [2.75, 3.05) is 19.7 Å². The fourth-order valence-electron chi connectivity index (χ4n) is 3.01. The number of piperidine rings is 1. The number of hydrogen-bond donors (Lipinski definition) is 3. The Balaban J connectivity index is 2.50. The lowest BCUT2D eigenvalue weighted by atomic mass is 10.0. The van der Waals surface area contributed by atoms with Crippen molar-refractivity contribution in [1.29, 1.82) is 0 Å². The van der Waals surface area contributed by atoms with Crippen LogP contribution in [0, 0.1) is 5.92 Å². The summed E-state index contributed by atoms with van der Waals surface area (Å²) in [6.45, 7) is 11.8. The van der Waals surface area contributed by atoms with Crippen molar-refractivity contribution in [3.63, 3.8) is 0 Å². The van der Waals surface area contributed by atoms with Crippen LogP contribution in [0.5, 0.6) is 0 Å². The van der Waals surface area contributed by atoms with E-state index in [1.807, 2.05) is 13.8 Å². The van der Waals surface area contributed by atoms with Crippen LogP contribution in [0.3, 0.4) is 0 Å². The molecule has 1 atom stereocenters. The summed E-state index contributed by atoms with van der Waals surface area (Å²) in [6, 6.07) is -0.570. The number of nitrogens with zero attached hydrogens (tertiary/aromatic N) is 2. The minimum atomic E-state index is -0.631. The fourth-order valence-corrected chi connectivity index (χ4v) is 3.01. The van der Waals surface area contributed by atoms with Gasteiger partial charge >= 0.3 is 6.09 Å². The normalized spacial score (nSPS) is 16.8. The molecule has 30 heavy (non-hydrogen) atoms. The molecule has 172 valence electrons. The van der Waals surface area contributed by atoms with Crippen molar-refractivity contribution in [2.24, 2.45) is 16.8 Å². The number of nitrogens with two attached hydrogens (primary N) is 1. The highest BCUT2D eigenvalue weighted by molar-refractivity contribution is 5.88. The highest BCUT2D eigenvalue weighted by Gasteiger charge is 2.24. The Kier molecular flexibility index (Phi) is 9.88. The van der Waals surface area contributed by atoms with Gasteiger partial charge in [-0.25, -0.2) is 4.79 Å². The number of amidine groups is 1. The van der Waals surface area contributed by atoms with E-state index in [1.165, 1.54) is 0 Å². The smallest absolute Gasteiger partial charge is 0.408 e. The molecule has 1 saturated heterocycles. The van der Waals surface area contributed by atoms with Gasteiger partial charge in [0.1, 0.15) is 5.60 Å². The summed E-state index contributed by atoms with van der Waals surface area (Å²) >= 11 is 0. The molecule has 1 fully saturated rings. The summed E-state index contributed by atoms with van der Waals surface area (Å²) in [5.41, 5.74) is 5.35. The monoisotopic (exact) mass is 427 g/mol. The van der Waals surface area contributed by atoms with Crippen molar-refractivity contribution in [2.45, 2.75) is 78.5 Å². The molecule has 1 rings (SSSR count). The largest absolute Gasteiger partial charge is 0.444 e. The van der Waals surface area contributed by atoms with Crippen LogP contribution in [-0.2, 0) is 19.2 Å². The Morgan fingerprint density at radius 2 is 1.80 bits per heavy atom. The van der Waals surface area contributed by atoms with Crippen LogP contribution in [0.1, 0.15) is 60.8 Å². The zero-order chi connectivity index (χ0) is 22.9. The molecule has 1 aliphatic rings. The van der Waals surface area contributed by atoms with Crippen LogP contribution in [0.15, 0.2) is 5.16 Å². The second-order valence-electron chi connectivity index (χ2n) is 8.97. The highest BCUT2D eigenvalue weighted by atomic mass is 16.6. The molecular formula is C20H37N5O5. The number of likely N-dealkylation sites (tertiary alicyclic amines) is 1. The first-order valence-corrected chi connectivity index (χ1v) is 10.4. The quantitative estimate of drug-likeness (QED) is 0.304. The van der Waals surface area contributed by atoms with Gasteiger partial charge in [-0.2, -0.15) is 0 Å². The molecule has 1 unspecified atom stereocenters. The first-order valence-electron chi connectivity index (χ1n) is 10.4. The second-order valence-corrected chi connectivity index (χ2v) is 8.97. The number of rotatable bonds is 8. The van der Waals surface area contributed by atoms with Crippen LogP contribution in [0.2, 0.25) is 0 Å². The van der Waals surface area contributed by atoms with Crippen LogP contribution in [0.25, 0.3) is 0 Å². The standard InChI is InChI=1S/C20H37N5O5/c1-13(2)11-16(23-19(28)30-20(4,5)6)18(21)24-29-12-17(27)22-15-7-9-25(10-8-15)14(3)26/h13,15-16H,7-12H2,1-6H3,(H2,21,24)(H,22,27)(H,23,28). The fraction of sp³-hybridized carbons (Fsp3) is 0.800. The van der Waals surface area contributed by atoms with Gasteiger partial charge in [0.15, 0.2) is 12.4 Å². The third-order valence-electron chi connectivity index (χ3n) is 4.43. The van der Waals surface area contributed by atoms with Gasteiger partial charge in [0.05, 0.1) is 6.04 Å². The Labute approximate surface area is 178 Å². The van der Waals surface area contributed by atoms with Gasteiger partial charge in [0.25, 0.3) is 5.91 Å². The van der Waals surface area contributed by atoms with E-state index in [0.717, 1.165) is 0 Å². The van der Waals surface area contributed by atoms with E-state index in [0.29, 0.717) is 32.4 Å². The number of hydrogen-bond acceptors (Lipinski definition) is 6. The van der Waals surface area contributed by atoms with Gasteiger partial charge in [0, 0.05) is 26.1 Å². The van der Waals surface area contributed by atoms with Crippen LogP contribution >= 0.6 is 0 Å². The van der Waals surface area contributed by atoms with E-state index >= 15 is 0 Å². The zero-order valence-corrected chi connectivity index (χ0v) is 19.0. The molecule has 0 bridgehead atoms. The number of carbonyl (C=O) groups excluding carboxylic acids is 3. The number of oxime groups is 1. The summed E-state index contributed by atoms with van der Waals surface area (Å²) in [6.07, 6.45) is 1.35. The van der Waals surface area contributed by atoms with E-state index in [9.17, 15) is 14.4 Å². The Bertz CT molecular complexity index is 622. The van der Waals surface area contributed by atoms with E-state index < -0.39 is 17.7 Å².